The molecule has 0 bridgehead atoms. The van der Waals surface area contributed by atoms with E-state index in [1.165, 1.54) is 24.9 Å². The van der Waals surface area contributed by atoms with Gasteiger partial charge in [0.25, 0.3) is 0 Å². The zero-order valence-corrected chi connectivity index (χ0v) is 20.9. The minimum Gasteiger partial charge on any atom is -0.357 e. The van der Waals surface area contributed by atoms with Crippen LogP contribution in [-0.2, 0) is 6.54 Å². The summed E-state index contributed by atoms with van der Waals surface area (Å²) < 4.78 is 2.29. The van der Waals surface area contributed by atoms with Crippen molar-refractivity contribution in [1.82, 2.24) is 25.1 Å². The third kappa shape index (κ3) is 8.50. The summed E-state index contributed by atoms with van der Waals surface area (Å²) in [4.78, 5) is 11.8. The Morgan fingerprint density at radius 2 is 1.83 bits per heavy atom. The van der Waals surface area contributed by atoms with Crippen LogP contribution < -0.4 is 10.6 Å². The Morgan fingerprint density at radius 3 is 2.55 bits per heavy atom. The van der Waals surface area contributed by atoms with Crippen LogP contribution in [0.25, 0.3) is 11.0 Å². The van der Waals surface area contributed by atoms with Gasteiger partial charge in [-0.15, -0.1) is 24.0 Å². The number of fused-ring (bicyclic) bond motifs is 1. The van der Waals surface area contributed by atoms with E-state index in [0.717, 1.165) is 63.0 Å². The molecule has 2 aromatic rings. The number of para-hydroxylation sites is 2. The lowest BCUT2D eigenvalue weighted by molar-refractivity contribution is 0.297. The standard InChI is InChI=1S/C22H38N6.HI/c1-5-23-22(24-15-10-11-17-27(6-2)7-3)25-16-12-18-28-19(4)26-20-13-8-9-14-21(20)28;/h8-9,13-14H,5-7,10-12,15-18H2,1-4H3,(H2,23,24,25);1H. The Balaban J connectivity index is 0.00000420. The van der Waals surface area contributed by atoms with Crippen LogP contribution in [0.3, 0.4) is 0 Å². The van der Waals surface area contributed by atoms with Crippen molar-refractivity contribution in [3.05, 3.63) is 30.1 Å². The van der Waals surface area contributed by atoms with Gasteiger partial charge in [-0.2, -0.15) is 0 Å². The van der Waals surface area contributed by atoms with E-state index in [4.69, 9.17) is 4.99 Å². The van der Waals surface area contributed by atoms with E-state index >= 15 is 0 Å². The second-order valence-corrected chi connectivity index (χ2v) is 7.07. The monoisotopic (exact) mass is 514 g/mol. The molecule has 164 valence electrons. The molecule has 0 amide bonds. The fraction of sp³-hybridized carbons (Fsp3) is 0.636. The Hall–Kier alpha value is -1.35. The number of halogens is 1. The summed E-state index contributed by atoms with van der Waals surface area (Å²) in [6.07, 6.45) is 3.39. The number of hydrogen-bond donors (Lipinski definition) is 2. The van der Waals surface area contributed by atoms with Crippen molar-refractivity contribution in [3.63, 3.8) is 0 Å². The average Bonchev–Trinajstić information content (AvgIpc) is 3.03. The molecule has 6 nitrogen and oxygen atoms in total. The highest BCUT2D eigenvalue weighted by Gasteiger charge is 2.06. The van der Waals surface area contributed by atoms with Gasteiger partial charge in [0.2, 0.25) is 0 Å². The van der Waals surface area contributed by atoms with Crippen molar-refractivity contribution in [1.29, 1.82) is 0 Å². The molecule has 0 radical (unpaired) electrons. The Kier molecular flexibility index (Phi) is 12.9. The molecule has 0 atom stereocenters. The predicted octanol–water partition coefficient (Wildman–Crippen LogP) is 4.03. The summed E-state index contributed by atoms with van der Waals surface area (Å²) >= 11 is 0. The van der Waals surface area contributed by atoms with E-state index in [9.17, 15) is 0 Å². The largest absolute Gasteiger partial charge is 0.357 e. The Labute approximate surface area is 193 Å². The van der Waals surface area contributed by atoms with Crippen LogP contribution in [-0.4, -0.2) is 59.7 Å². The average molecular weight is 515 g/mol. The quantitative estimate of drug-likeness (QED) is 0.194. The van der Waals surface area contributed by atoms with Gasteiger partial charge in [0.15, 0.2) is 5.96 Å². The van der Waals surface area contributed by atoms with Crippen molar-refractivity contribution in [3.8, 4) is 0 Å². The molecule has 1 aromatic carbocycles. The fourth-order valence-electron chi connectivity index (χ4n) is 3.45. The van der Waals surface area contributed by atoms with Gasteiger partial charge in [-0.25, -0.2) is 4.98 Å². The number of aliphatic imine (C=N–C) groups is 1. The third-order valence-corrected chi connectivity index (χ3v) is 5.09. The van der Waals surface area contributed by atoms with E-state index in [-0.39, 0.29) is 24.0 Å². The summed E-state index contributed by atoms with van der Waals surface area (Å²) in [5, 5.41) is 6.81. The molecular weight excluding hydrogens is 475 g/mol. The van der Waals surface area contributed by atoms with Crippen LogP contribution in [0.4, 0.5) is 0 Å². The highest BCUT2D eigenvalue weighted by atomic mass is 127. The first kappa shape index (κ1) is 25.7. The number of nitrogens with zero attached hydrogens (tertiary/aromatic N) is 4. The molecule has 0 spiro atoms. The number of nitrogens with one attached hydrogen (secondary N) is 2. The van der Waals surface area contributed by atoms with Crippen LogP contribution in [0.2, 0.25) is 0 Å². The lowest BCUT2D eigenvalue weighted by Gasteiger charge is -2.18. The SMILES string of the molecule is CCNC(=NCCCn1c(C)nc2ccccc21)NCCCCN(CC)CC.I. The first-order valence-corrected chi connectivity index (χ1v) is 10.9. The first-order chi connectivity index (χ1) is 13.7. The molecule has 0 aliphatic rings. The van der Waals surface area contributed by atoms with Crippen molar-refractivity contribution in [2.45, 2.75) is 53.5 Å². The van der Waals surface area contributed by atoms with Gasteiger partial charge in [0, 0.05) is 26.2 Å². The zero-order valence-electron chi connectivity index (χ0n) is 18.6. The van der Waals surface area contributed by atoms with E-state index < -0.39 is 0 Å². The van der Waals surface area contributed by atoms with Gasteiger partial charge >= 0.3 is 0 Å². The number of rotatable bonds is 12. The van der Waals surface area contributed by atoms with Gasteiger partial charge in [-0.1, -0.05) is 26.0 Å². The Bertz CT molecular complexity index is 723. The predicted molar refractivity (Wildman–Crippen MR) is 136 cm³/mol. The second kappa shape index (κ2) is 14.6. The van der Waals surface area contributed by atoms with Crippen LogP contribution in [0, 0.1) is 6.92 Å². The number of hydrogen-bond acceptors (Lipinski definition) is 3. The molecule has 29 heavy (non-hydrogen) atoms. The van der Waals surface area contributed by atoms with Gasteiger partial charge in [0.1, 0.15) is 5.82 Å². The molecule has 0 aliphatic heterocycles. The van der Waals surface area contributed by atoms with Gasteiger partial charge in [-0.3, -0.25) is 4.99 Å². The maximum Gasteiger partial charge on any atom is 0.191 e. The zero-order chi connectivity index (χ0) is 20.2. The van der Waals surface area contributed by atoms with Crippen molar-refractivity contribution >= 4 is 41.0 Å². The van der Waals surface area contributed by atoms with Gasteiger partial charge in [0.05, 0.1) is 11.0 Å². The molecule has 1 heterocycles. The number of aryl methyl sites for hydroxylation is 2. The summed E-state index contributed by atoms with van der Waals surface area (Å²) in [5.41, 5.74) is 2.28. The van der Waals surface area contributed by atoms with Crippen molar-refractivity contribution in [2.24, 2.45) is 4.99 Å². The number of aromatic nitrogens is 2. The summed E-state index contributed by atoms with van der Waals surface area (Å²) in [7, 11) is 0. The minimum absolute atomic E-state index is 0. The number of imidazole rings is 1. The smallest absolute Gasteiger partial charge is 0.191 e. The number of guanidine groups is 1. The summed E-state index contributed by atoms with van der Waals surface area (Å²) in [6, 6.07) is 8.33. The second-order valence-electron chi connectivity index (χ2n) is 7.07. The molecule has 2 rings (SSSR count). The molecule has 0 saturated heterocycles. The van der Waals surface area contributed by atoms with E-state index in [0.29, 0.717) is 0 Å². The lowest BCUT2D eigenvalue weighted by Crippen LogP contribution is -2.38. The molecule has 0 fully saturated rings. The highest BCUT2D eigenvalue weighted by Crippen LogP contribution is 2.15. The van der Waals surface area contributed by atoms with Crippen LogP contribution >= 0.6 is 24.0 Å². The summed E-state index contributed by atoms with van der Waals surface area (Å²) in [6.45, 7) is 15.7. The summed E-state index contributed by atoms with van der Waals surface area (Å²) in [5.74, 6) is 2.00. The molecule has 0 aliphatic carbocycles. The lowest BCUT2D eigenvalue weighted by atomic mass is 10.3. The van der Waals surface area contributed by atoms with E-state index in [1.807, 2.05) is 6.07 Å². The molecule has 7 heteroatoms. The maximum atomic E-state index is 4.74. The van der Waals surface area contributed by atoms with Crippen LogP contribution in [0.15, 0.2) is 29.3 Å². The van der Waals surface area contributed by atoms with Crippen molar-refractivity contribution in [2.75, 3.05) is 39.3 Å². The van der Waals surface area contributed by atoms with Crippen LogP contribution in [0.5, 0.6) is 0 Å². The Morgan fingerprint density at radius 1 is 1.07 bits per heavy atom. The molecule has 0 unspecified atom stereocenters. The molecule has 0 saturated carbocycles. The molecular formula is C22H39IN6. The highest BCUT2D eigenvalue weighted by molar-refractivity contribution is 14.0. The van der Waals surface area contributed by atoms with E-state index in [1.54, 1.807) is 0 Å². The third-order valence-electron chi connectivity index (χ3n) is 5.09. The minimum atomic E-state index is 0. The molecule has 2 N–H and O–H groups in total. The first-order valence-electron chi connectivity index (χ1n) is 10.9. The fourth-order valence-corrected chi connectivity index (χ4v) is 3.45. The topological polar surface area (TPSA) is 57.5 Å². The van der Waals surface area contributed by atoms with Gasteiger partial charge in [-0.05, 0) is 64.9 Å². The van der Waals surface area contributed by atoms with Gasteiger partial charge < -0.3 is 20.1 Å². The number of benzene rings is 1. The van der Waals surface area contributed by atoms with E-state index in [2.05, 4.69) is 71.0 Å². The maximum absolute atomic E-state index is 4.74. The van der Waals surface area contributed by atoms with Crippen LogP contribution in [0.1, 0.15) is 45.9 Å². The number of unbranched alkanes of at least 4 members (excludes halogenated alkanes) is 1. The molecule has 1 aromatic heterocycles. The van der Waals surface area contributed by atoms with Crippen molar-refractivity contribution < 1.29 is 0 Å². The normalized spacial score (nSPS) is 11.7.